The van der Waals surface area contributed by atoms with Crippen LogP contribution >= 0.6 is 0 Å². The maximum Gasteiger partial charge on any atom is 0.303 e. The van der Waals surface area contributed by atoms with E-state index in [-0.39, 0.29) is 18.7 Å². The second-order valence-electron chi connectivity index (χ2n) is 2.67. The Morgan fingerprint density at radius 3 is 2.54 bits per heavy atom. The normalized spacial score (nSPS) is 10.5. The zero-order chi connectivity index (χ0) is 10.1. The monoisotopic (exact) mass is 205 g/mol. The number of aliphatic carboxylic acids is 1. The van der Waals surface area contributed by atoms with Gasteiger partial charge in [0, 0.05) is 13.0 Å². The lowest BCUT2D eigenvalue weighted by atomic mass is 10.3. The molecule has 6 heteroatoms. The van der Waals surface area contributed by atoms with Crippen LogP contribution in [0.1, 0.15) is 19.3 Å². The largest absolute Gasteiger partial charge is 0.481 e. The van der Waals surface area contributed by atoms with Gasteiger partial charge in [-0.05, 0) is 12.5 Å². The topological polar surface area (TPSA) is 86.6 Å². The first-order chi connectivity index (χ1) is 6.16. The highest BCUT2D eigenvalue weighted by Gasteiger charge is 2.03. The second kappa shape index (κ2) is 7.75. The molecule has 13 heavy (non-hydrogen) atoms. The van der Waals surface area contributed by atoms with E-state index >= 15 is 0 Å². The van der Waals surface area contributed by atoms with Crippen LogP contribution in [-0.4, -0.2) is 38.1 Å². The molecule has 3 N–H and O–H groups in total. The molecule has 0 fully saturated rings. The highest BCUT2D eigenvalue weighted by atomic mass is 28.2. The van der Waals surface area contributed by atoms with Crippen LogP contribution in [0.4, 0.5) is 0 Å². The van der Waals surface area contributed by atoms with Crippen LogP contribution < -0.4 is 5.32 Å². The molecule has 0 saturated heterocycles. The fourth-order valence-corrected chi connectivity index (χ4v) is 1.25. The van der Waals surface area contributed by atoms with E-state index in [0.717, 1.165) is 12.5 Å². The molecular weight excluding hydrogens is 190 g/mol. The van der Waals surface area contributed by atoms with Crippen molar-refractivity contribution in [3.8, 4) is 0 Å². The van der Waals surface area contributed by atoms with Crippen LogP contribution in [0, 0.1) is 0 Å². The summed E-state index contributed by atoms with van der Waals surface area (Å²) in [6.07, 6.45) is 0.688. The van der Waals surface area contributed by atoms with Crippen molar-refractivity contribution < 1.29 is 19.5 Å². The Morgan fingerprint density at radius 2 is 2.00 bits per heavy atom. The zero-order valence-corrected chi connectivity index (χ0v) is 8.87. The van der Waals surface area contributed by atoms with Gasteiger partial charge in [0.1, 0.15) is 0 Å². The SMILES string of the molecule is O=C(O)CCC(=O)NCCC[SiH2]O. The highest BCUT2D eigenvalue weighted by molar-refractivity contribution is 6.25. The Morgan fingerprint density at radius 1 is 1.31 bits per heavy atom. The first-order valence-electron chi connectivity index (χ1n) is 4.26. The molecule has 0 aromatic rings. The van der Waals surface area contributed by atoms with Crippen LogP contribution in [0.25, 0.3) is 0 Å². The summed E-state index contributed by atoms with van der Waals surface area (Å²) < 4.78 is 0. The van der Waals surface area contributed by atoms with Crippen LogP contribution in [0.5, 0.6) is 0 Å². The van der Waals surface area contributed by atoms with Crippen LogP contribution in [0.3, 0.4) is 0 Å². The van der Waals surface area contributed by atoms with Crippen molar-refractivity contribution in [1.29, 1.82) is 0 Å². The molecule has 1 amide bonds. The highest BCUT2D eigenvalue weighted by Crippen LogP contribution is 1.89. The molecular formula is C7H15NO4Si. The Balaban J connectivity index is 3.25. The number of carboxylic acid groups (broad SMARTS) is 1. The van der Waals surface area contributed by atoms with Crippen molar-refractivity contribution >= 4 is 21.6 Å². The summed E-state index contributed by atoms with van der Waals surface area (Å²) in [6.45, 7) is 0.534. The summed E-state index contributed by atoms with van der Waals surface area (Å²) in [5.74, 6) is -1.19. The molecule has 76 valence electrons. The average Bonchev–Trinajstić information content (AvgIpc) is 2.09. The third-order valence-corrected chi connectivity index (χ3v) is 2.29. The number of hydrogen-bond acceptors (Lipinski definition) is 3. The van der Waals surface area contributed by atoms with Crippen molar-refractivity contribution in [2.24, 2.45) is 0 Å². The van der Waals surface area contributed by atoms with Gasteiger partial charge in [0.25, 0.3) is 0 Å². The number of nitrogens with one attached hydrogen (secondary N) is 1. The predicted octanol–water partition coefficient (Wildman–Crippen LogP) is -1.15. The van der Waals surface area contributed by atoms with Gasteiger partial charge in [-0.25, -0.2) is 0 Å². The minimum atomic E-state index is -0.960. The van der Waals surface area contributed by atoms with E-state index in [2.05, 4.69) is 5.32 Å². The summed E-state index contributed by atoms with van der Waals surface area (Å²) >= 11 is 0. The summed E-state index contributed by atoms with van der Waals surface area (Å²) in [6, 6.07) is 0.791. The molecule has 0 saturated carbocycles. The smallest absolute Gasteiger partial charge is 0.303 e. The molecule has 0 unspecified atom stereocenters. The van der Waals surface area contributed by atoms with Crippen molar-refractivity contribution in [2.75, 3.05) is 6.54 Å². The van der Waals surface area contributed by atoms with Gasteiger partial charge in [-0.2, -0.15) is 0 Å². The lowest BCUT2D eigenvalue weighted by Gasteiger charge is -2.02. The Bertz CT molecular complexity index is 174. The standard InChI is InChI=1S/C7H15NO4Si/c9-6(2-3-7(10)11)8-4-1-5-13-12/h12H,1-5,13H2,(H,8,9)(H,10,11). The molecule has 0 spiro atoms. The lowest BCUT2D eigenvalue weighted by Crippen LogP contribution is -2.24. The van der Waals surface area contributed by atoms with Crippen molar-refractivity contribution in [2.45, 2.75) is 25.3 Å². The van der Waals surface area contributed by atoms with Gasteiger partial charge in [0.05, 0.1) is 6.42 Å². The molecule has 0 aliphatic rings. The number of hydrogen-bond donors (Lipinski definition) is 3. The average molecular weight is 205 g/mol. The summed E-state index contributed by atoms with van der Waals surface area (Å²) in [7, 11) is -0.901. The van der Waals surface area contributed by atoms with E-state index in [4.69, 9.17) is 9.90 Å². The number of rotatable bonds is 7. The molecule has 0 rings (SSSR count). The molecule has 0 aliphatic carbocycles. The van der Waals surface area contributed by atoms with Gasteiger partial charge in [-0.15, -0.1) is 0 Å². The van der Waals surface area contributed by atoms with Crippen LogP contribution in [0.15, 0.2) is 0 Å². The Hall–Kier alpha value is -0.883. The molecule has 0 aliphatic heterocycles. The predicted molar refractivity (Wildman–Crippen MR) is 50.1 cm³/mol. The Kier molecular flexibility index (Phi) is 7.22. The van der Waals surface area contributed by atoms with Gasteiger partial charge in [0.2, 0.25) is 5.91 Å². The van der Waals surface area contributed by atoms with E-state index < -0.39 is 15.7 Å². The van der Waals surface area contributed by atoms with Crippen molar-refractivity contribution in [3.63, 3.8) is 0 Å². The van der Waals surface area contributed by atoms with E-state index in [0.29, 0.717) is 6.54 Å². The lowest BCUT2D eigenvalue weighted by molar-refractivity contribution is -0.138. The van der Waals surface area contributed by atoms with Gasteiger partial charge < -0.3 is 15.2 Å². The molecule has 0 aromatic heterocycles. The van der Waals surface area contributed by atoms with Gasteiger partial charge in [-0.3, -0.25) is 9.59 Å². The number of carbonyl (C=O) groups is 2. The maximum atomic E-state index is 10.9. The molecule has 5 nitrogen and oxygen atoms in total. The molecule has 0 atom stereocenters. The Labute approximate surface area is 79.1 Å². The van der Waals surface area contributed by atoms with Crippen LogP contribution in [0.2, 0.25) is 6.04 Å². The zero-order valence-electron chi connectivity index (χ0n) is 7.45. The number of carboxylic acids is 1. The van der Waals surface area contributed by atoms with E-state index in [1.165, 1.54) is 0 Å². The minimum absolute atomic E-state index is 0.0336. The van der Waals surface area contributed by atoms with Gasteiger partial charge in [-0.1, -0.05) is 0 Å². The molecule has 0 radical (unpaired) electrons. The summed E-state index contributed by atoms with van der Waals surface area (Å²) in [5.41, 5.74) is 0. The minimum Gasteiger partial charge on any atom is -0.481 e. The fraction of sp³-hybridized carbons (Fsp3) is 0.714. The van der Waals surface area contributed by atoms with E-state index in [9.17, 15) is 9.59 Å². The number of amides is 1. The van der Waals surface area contributed by atoms with E-state index in [1.54, 1.807) is 0 Å². The third-order valence-electron chi connectivity index (χ3n) is 1.47. The molecule has 0 aromatic carbocycles. The van der Waals surface area contributed by atoms with Gasteiger partial charge in [0.15, 0.2) is 9.76 Å². The second-order valence-corrected chi connectivity index (χ2v) is 3.83. The first kappa shape index (κ1) is 12.1. The first-order valence-corrected chi connectivity index (χ1v) is 5.89. The summed E-state index contributed by atoms with van der Waals surface area (Å²) in [5, 5.41) is 10.8. The third kappa shape index (κ3) is 9.03. The summed E-state index contributed by atoms with van der Waals surface area (Å²) in [4.78, 5) is 29.5. The van der Waals surface area contributed by atoms with Crippen molar-refractivity contribution in [1.82, 2.24) is 5.32 Å². The van der Waals surface area contributed by atoms with E-state index in [1.807, 2.05) is 0 Å². The molecule has 0 heterocycles. The fourth-order valence-electron chi connectivity index (χ4n) is 0.773. The van der Waals surface area contributed by atoms with Gasteiger partial charge >= 0.3 is 5.97 Å². The quantitative estimate of drug-likeness (QED) is 0.362. The maximum absolute atomic E-state index is 10.9. The number of carbonyl (C=O) groups excluding carboxylic acids is 1. The molecule has 0 bridgehead atoms. The van der Waals surface area contributed by atoms with Crippen molar-refractivity contribution in [3.05, 3.63) is 0 Å². The van der Waals surface area contributed by atoms with Crippen LogP contribution in [-0.2, 0) is 9.59 Å².